The van der Waals surface area contributed by atoms with Crippen molar-refractivity contribution in [3.8, 4) is 0 Å². The Morgan fingerprint density at radius 1 is 1.29 bits per heavy atom. The lowest BCUT2D eigenvalue weighted by Gasteiger charge is -2.31. The van der Waals surface area contributed by atoms with Crippen LogP contribution in [0, 0.1) is 0 Å². The van der Waals surface area contributed by atoms with Crippen LogP contribution in [0.5, 0.6) is 0 Å². The van der Waals surface area contributed by atoms with Gasteiger partial charge in [0.1, 0.15) is 0 Å². The van der Waals surface area contributed by atoms with E-state index in [-0.39, 0.29) is 25.5 Å². The number of rotatable bonds is 4. The van der Waals surface area contributed by atoms with E-state index in [1.807, 2.05) is 0 Å². The summed E-state index contributed by atoms with van der Waals surface area (Å²) in [5.41, 5.74) is -0.794. The molecule has 1 amide bonds. The highest BCUT2D eigenvalue weighted by Gasteiger charge is 2.31. The quantitative estimate of drug-likeness (QED) is 0.607. The van der Waals surface area contributed by atoms with Crippen molar-refractivity contribution >= 4 is 5.91 Å². The first kappa shape index (κ1) is 11.5. The highest BCUT2D eigenvalue weighted by Crippen LogP contribution is 2.30. The van der Waals surface area contributed by atoms with Crippen molar-refractivity contribution < 1.29 is 15.0 Å². The molecule has 1 aliphatic rings. The largest absolute Gasteiger partial charge is 0.395 e. The van der Waals surface area contributed by atoms with Crippen LogP contribution >= 0.6 is 0 Å². The Hall–Kier alpha value is -0.610. The summed E-state index contributed by atoms with van der Waals surface area (Å²) in [5.74, 6) is -0.163. The minimum Gasteiger partial charge on any atom is -0.395 e. The van der Waals surface area contributed by atoms with Crippen LogP contribution in [0.15, 0.2) is 0 Å². The monoisotopic (exact) mass is 201 g/mol. The molecular formula is C10H19NO3. The number of aliphatic hydroxyl groups is 2. The standard InChI is InChI=1S/C10H19NO3/c12-7-6-11-9(13)8-10(14)4-2-1-3-5-10/h12,14H,1-8H2,(H,11,13). The van der Waals surface area contributed by atoms with Gasteiger partial charge in [-0.2, -0.15) is 0 Å². The lowest BCUT2D eigenvalue weighted by molar-refractivity contribution is -0.127. The van der Waals surface area contributed by atoms with Gasteiger partial charge in [0.25, 0.3) is 0 Å². The van der Waals surface area contributed by atoms with Gasteiger partial charge in [0, 0.05) is 6.54 Å². The molecular weight excluding hydrogens is 182 g/mol. The maximum atomic E-state index is 11.3. The summed E-state index contributed by atoms with van der Waals surface area (Å²) >= 11 is 0. The molecule has 3 N–H and O–H groups in total. The van der Waals surface area contributed by atoms with Crippen molar-refractivity contribution in [2.24, 2.45) is 0 Å². The average Bonchev–Trinajstić information content (AvgIpc) is 2.15. The Bertz CT molecular complexity index is 188. The van der Waals surface area contributed by atoms with Crippen molar-refractivity contribution in [3.05, 3.63) is 0 Å². The van der Waals surface area contributed by atoms with Gasteiger partial charge in [-0.25, -0.2) is 0 Å². The molecule has 0 saturated heterocycles. The molecule has 14 heavy (non-hydrogen) atoms. The SMILES string of the molecule is O=C(CC1(O)CCCCC1)NCCO. The van der Waals surface area contributed by atoms with Crippen LogP contribution in [0.25, 0.3) is 0 Å². The molecule has 0 aromatic carbocycles. The van der Waals surface area contributed by atoms with Crippen LogP contribution in [-0.4, -0.2) is 34.9 Å². The van der Waals surface area contributed by atoms with Crippen LogP contribution in [0.2, 0.25) is 0 Å². The zero-order valence-electron chi connectivity index (χ0n) is 8.46. The lowest BCUT2D eigenvalue weighted by Crippen LogP contribution is -2.39. The normalized spacial score (nSPS) is 20.4. The van der Waals surface area contributed by atoms with Crippen molar-refractivity contribution in [1.82, 2.24) is 5.32 Å². The van der Waals surface area contributed by atoms with E-state index in [4.69, 9.17) is 5.11 Å². The summed E-state index contributed by atoms with van der Waals surface area (Å²) in [6.45, 7) is 0.221. The molecule has 1 rings (SSSR count). The highest BCUT2D eigenvalue weighted by atomic mass is 16.3. The number of aliphatic hydroxyl groups excluding tert-OH is 1. The van der Waals surface area contributed by atoms with Crippen LogP contribution in [-0.2, 0) is 4.79 Å². The zero-order valence-corrected chi connectivity index (χ0v) is 8.46. The van der Waals surface area contributed by atoms with Crippen LogP contribution < -0.4 is 5.32 Å². The highest BCUT2D eigenvalue weighted by molar-refractivity contribution is 5.76. The molecule has 1 fully saturated rings. The maximum Gasteiger partial charge on any atom is 0.222 e. The topological polar surface area (TPSA) is 69.6 Å². The van der Waals surface area contributed by atoms with E-state index in [9.17, 15) is 9.90 Å². The molecule has 0 heterocycles. The second kappa shape index (κ2) is 5.32. The molecule has 1 aliphatic carbocycles. The number of carbonyl (C=O) groups is 1. The fourth-order valence-corrected chi connectivity index (χ4v) is 1.94. The summed E-state index contributed by atoms with van der Waals surface area (Å²) in [7, 11) is 0. The van der Waals surface area contributed by atoms with Gasteiger partial charge in [-0.3, -0.25) is 4.79 Å². The molecule has 0 atom stereocenters. The second-order valence-corrected chi connectivity index (χ2v) is 4.04. The molecule has 4 nitrogen and oxygen atoms in total. The van der Waals surface area contributed by atoms with Crippen molar-refractivity contribution in [2.45, 2.75) is 44.1 Å². The van der Waals surface area contributed by atoms with Gasteiger partial charge in [-0.1, -0.05) is 19.3 Å². The molecule has 0 radical (unpaired) electrons. The Labute approximate surface area is 84.3 Å². The van der Waals surface area contributed by atoms with Crippen LogP contribution in [0.1, 0.15) is 38.5 Å². The van der Waals surface area contributed by atoms with Crippen molar-refractivity contribution in [2.75, 3.05) is 13.2 Å². The Kier molecular flexibility index (Phi) is 4.35. The van der Waals surface area contributed by atoms with Crippen LogP contribution in [0.3, 0.4) is 0 Å². The van der Waals surface area contributed by atoms with Crippen LogP contribution in [0.4, 0.5) is 0 Å². The van der Waals surface area contributed by atoms with E-state index in [0.29, 0.717) is 0 Å². The van der Waals surface area contributed by atoms with Gasteiger partial charge < -0.3 is 15.5 Å². The van der Waals surface area contributed by atoms with E-state index in [2.05, 4.69) is 5.32 Å². The zero-order chi connectivity index (χ0) is 10.4. The predicted molar refractivity (Wildman–Crippen MR) is 52.7 cm³/mol. The van der Waals surface area contributed by atoms with Crippen molar-refractivity contribution in [1.29, 1.82) is 0 Å². The first-order valence-corrected chi connectivity index (χ1v) is 5.26. The summed E-state index contributed by atoms with van der Waals surface area (Å²) in [5, 5.41) is 21.1. The molecule has 4 heteroatoms. The first-order valence-electron chi connectivity index (χ1n) is 5.26. The fraction of sp³-hybridized carbons (Fsp3) is 0.900. The number of carbonyl (C=O) groups excluding carboxylic acids is 1. The summed E-state index contributed by atoms with van der Waals surface area (Å²) in [4.78, 5) is 11.3. The summed E-state index contributed by atoms with van der Waals surface area (Å²) in [6.07, 6.45) is 4.78. The number of amides is 1. The average molecular weight is 201 g/mol. The lowest BCUT2D eigenvalue weighted by atomic mass is 9.82. The Morgan fingerprint density at radius 2 is 1.93 bits per heavy atom. The van der Waals surface area contributed by atoms with E-state index in [0.717, 1.165) is 32.1 Å². The minimum atomic E-state index is -0.794. The minimum absolute atomic E-state index is 0.0514. The number of hydrogen-bond acceptors (Lipinski definition) is 3. The molecule has 1 saturated carbocycles. The predicted octanol–water partition coefficient (Wildman–Crippen LogP) is 0.180. The van der Waals surface area contributed by atoms with Gasteiger partial charge >= 0.3 is 0 Å². The van der Waals surface area contributed by atoms with E-state index < -0.39 is 5.60 Å². The molecule has 0 aromatic heterocycles. The molecule has 82 valence electrons. The van der Waals surface area contributed by atoms with Gasteiger partial charge in [0.2, 0.25) is 5.91 Å². The third kappa shape index (κ3) is 3.64. The second-order valence-electron chi connectivity index (χ2n) is 4.04. The Balaban J connectivity index is 2.29. The van der Waals surface area contributed by atoms with Crippen molar-refractivity contribution in [3.63, 3.8) is 0 Å². The van der Waals surface area contributed by atoms with E-state index in [1.165, 1.54) is 0 Å². The van der Waals surface area contributed by atoms with Gasteiger partial charge in [-0.05, 0) is 12.8 Å². The number of nitrogens with one attached hydrogen (secondary N) is 1. The first-order chi connectivity index (χ1) is 6.66. The van der Waals surface area contributed by atoms with Gasteiger partial charge in [0.05, 0.1) is 18.6 Å². The van der Waals surface area contributed by atoms with E-state index >= 15 is 0 Å². The molecule has 0 bridgehead atoms. The maximum absolute atomic E-state index is 11.3. The van der Waals surface area contributed by atoms with Gasteiger partial charge in [-0.15, -0.1) is 0 Å². The number of hydrogen-bond donors (Lipinski definition) is 3. The smallest absolute Gasteiger partial charge is 0.222 e. The third-order valence-electron chi connectivity index (χ3n) is 2.71. The summed E-state index contributed by atoms with van der Waals surface area (Å²) in [6, 6.07) is 0. The van der Waals surface area contributed by atoms with Gasteiger partial charge in [0.15, 0.2) is 0 Å². The molecule has 0 spiro atoms. The Morgan fingerprint density at radius 3 is 2.50 bits per heavy atom. The fourth-order valence-electron chi connectivity index (χ4n) is 1.94. The van der Waals surface area contributed by atoms with E-state index in [1.54, 1.807) is 0 Å². The third-order valence-corrected chi connectivity index (χ3v) is 2.71. The molecule has 0 aliphatic heterocycles. The molecule has 0 unspecified atom stereocenters. The molecule has 0 aromatic rings. The summed E-state index contributed by atoms with van der Waals surface area (Å²) < 4.78 is 0.